The van der Waals surface area contributed by atoms with E-state index >= 15 is 0 Å². The van der Waals surface area contributed by atoms with Gasteiger partial charge >= 0.3 is 5.97 Å². The van der Waals surface area contributed by atoms with Crippen LogP contribution in [-0.2, 0) is 4.74 Å². The van der Waals surface area contributed by atoms with Crippen molar-refractivity contribution in [3.05, 3.63) is 47.7 Å². The Hall–Kier alpha value is -2.63. The number of carbonyl (C=O) groups is 2. The Morgan fingerprint density at radius 1 is 1.26 bits per heavy atom. The molecule has 1 aromatic carbocycles. The normalized spacial score (nSPS) is 10.0. The van der Waals surface area contributed by atoms with Crippen LogP contribution in [0.25, 0.3) is 0 Å². The summed E-state index contributed by atoms with van der Waals surface area (Å²) in [5.41, 5.74) is 1.48. The Kier molecular flexibility index (Phi) is 3.61. The molecule has 6 heteroatoms. The maximum Gasteiger partial charge on any atom is 0.337 e. The lowest BCUT2D eigenvalue weighted by Crippen LogP contribution is -2.12. The number of ether oxygens (including phenoxy) is 1. The molecule has 1 amide bonds. The zero-order valence-corrected chi connectivity index (χ0v) is 10.5. The quantitative estimate of drug-likeness (QED) is 0.854. The van der Waals surface area contributed by atoms with Gasteiger partial charge in [0.25, 0.3) is 5.91 Å². The molecule has 1 heterocycles. The molecule has 6 nitrogen and oxygen atoms in total. The predicted octanol–water partition coefficient (Wildman–Crippen LogP) is 2.02. The highest BCUT2D eigenvalue weighted by atomic mass is 16.5. The highest BCUT2D eigenvalue weighted by molar-refractivity contribution is 6.03. The van der Waals surface area contributed by atoms with E-state index in [1.807, 2.05) is 0 Å². The molecule has 0 bridgehead atoms. The summed E-state index contributed by atoms with van der Waals surface area (Å²) in [6.07, 6.45) is 1.21. The van der Waals surface area contributed by atoms with Crippen LogP contribution in [0.2, 0.25) is 0 Å². The minimum atomic E-state index is -0.427. The summed E-state index contributed by atoms with van der Waals surface area (Å²) in [5, 5.41) is 2.64. The fourth-order valence-electron chi connectivity index (χ4n) is 1.52. The average Bonchev–Trinajstić information content (AvgIpc) is 2.85. The smallest absolute Gasteiger partial charge is 0.337 e. The van der Waals surface area contributed by atoms with Gasteiger partial charge in [0.2, 0.25) is 5.76 Å². The number of amides is 1. The number of esters is 1. The second kappa shape index (κ2) is 5.34. The second-order valence-corrected chi connectivity index (χ2v) is 3.79. The van der Waals surface area contributed by atoms with Gasteiger partial charge in [0.15, 0.2) is 6.39 Å². The molecule has 0 aliphatic rings. The molecule has 0 atom stereocenters. The average molecular weight is 260 g/mol. The van der Waals surface area contributed by atoms with Gasteiger partial charge in [0.1, 0.15) is 0 Å². The van der Waals surface area contributed by atoms with E-state index in [1.54, 1.807) is 31.2 Å². The summed E-state index contributed by atoms with van der Waals surface area (Å²) in [4.78, 5) is 26.9. The number of hydrogen-bond donors (Lipinski definition) is 1. The fraction of sp³-hybridized carbons (Fsp3) is 0.154. The van der Waals surface area contributed by atoms with Crippen molar-refractivity contribution in [2.45, 2.75) is 6.92 Å². The third-order valence-corrected chi connectivity index (χ3v) is 2.52. The molecule has 0 radical (unpaired) electrons. The first-order valence-corrected chi connectivity index (χ1v) is 5.51. The molecule has 0 saturated carbocycles. The second-order valence-electron chi connectivity index (χ2n) is 3.79. The number of aromatic nitrogens is 1. The number of rotatable bonds is 3. The SMILES string of the molecule is COC(=O)c1ccc(NC(=O)c2ocnc2C)cc1. The highest BCUT2D eigenvalue weighted by Crippen LogP contribution is 2.13. The van der Waals surface area contributed by atoms with Crippen LogP contribution in [-0.4, -0.2) is 24.0 Å². The van der Waals surface area contributed by atoms with Gasteiger partial charge in [-0.2, -0.15) is 0 Å². The number of anilines is 1. The number of nitrogens with one attached hydrogen (secondary N) is 1. The number of benzene rings is 1. The van der Waals surface area contributed by atoms with E-state index in [0.29, 0.717) is 16.9 Å². The monoisotopic (exact) mass is 260 g/mol. The minimum Gasteiger partial charge on any atom is -0.465 e. The van der Waals surface area contributed by atoms with Crippen LogP contribution in [0.15, 0.2) is 35.1 Å². The van der Waals surface area contributed by atoms with Crippen LogP contribution in [0.3, 0.4) is 0 Å². The summed E-state index contributed by atoms with van der Waals surface area (Å²) < 4.78 is 9.56. The molecule has 0 aliphatic carbocycles. The molecule has 98 valence electrons. The van der Waals surface area contributed by atoms with Crippen LogP contribution in [0.1, 0.15) is 26.6 Å². The molecule has 2 aromatic rings. The summed E-state index contributed by atoms with van der Waals surface area (Å²) in [6.45, 7) is 1.68. The highest BCUT2D eigenvalue weighted by Gasteiger charge is 2.14. The molecular formula is C13H12N2O4. The van der Waals surface area contributed by atoms with Crippen molar-refractivity contribution in [1.29, 1.82) is 0 Å². The zero-order chi connectivity index (χ0) is 13.8. The topological polar surface area (TPSA) is 81.4 Å². The molecule has 1 N–H and O–H groups in total. The van der Waals surface area contributed by atoms with Gasteiger partial charge in [-0.15, -0.1) is 0 Å². The summed E-state index contributed by atoms with van der Waals surface area (Å²) in [5.74, 6) is -0.651. The minimum absolute atomic E-state index is 0.164. The molecule has 0 fully saturated rings. The Morgan fingerprint density at radius 2 is 1.95 bits per heavy atom. The van der Waals surface area contributed by atoms with Crippen molar-refractivity contribution in [1.82, 2.24) is 4.98 Å². The summed E-state index contributed by atoms with van der Waals surface area (Å²) in [7, 11) is 1.31. The molecule has 19 heavy (non-hydrogen) atoms. The van der Waals surface area contributed by atoms with E-state index < -0.39 is 5.97 Å². The lowest BCUT2D eigenvalue weighted by atomic mass is 10.2. The first kappa shape index (κ1) is 12.8. The van der Waals surface area contributed by atoms with Crippen molar-refractivity contribution in [3.63, 3.8) is 0 Å². The molecule has 2 rings (SSSR count). The predicted molar refractivity (Wildman–Crippen MR) is 67.0 cm³/mol. The van der Waals surface area contributed by atoms with Gasteiger partial charge in [0, 0.05) is 5.69 Å². The van der Waals surface area contributed by atoms with E-state index in [1.165, 1.54) is 13.5 Å². The van der Waals surface area contributed by atoms with E-state index in [2.05, 4.69) is 15.0 Å². The number of nitrogens with zero attached hydrogens (tertiary/aromatic N) is 1. The summed E-state index contributed by atoms with van der Waals surface area (Å²) >= 11 is 0. The van der Waals surface area contributed by atoms with Gasteiger partial charge < -0.3 is 14.5 Å². The fourth-order valence-corrected chi connectivity index (χ4v) is 1.52. The van der Waals surface area contributed by atoms with Crippen molar-refractivity contribution in [2.75, 3.05) is 12.4 Å². The third-order valence-electron chi connectivity index (χ3n) is 2.52. The number of oxazole rings is 1. The van der Waals surface area contributed by atoms with Crippen molar-refractivity contribution in [3.8, 4) is 0 Å². The van der Waals surface area contributed by atoms with Gasteiger partial charge in [-0.05, 0) is 31.2 Å². The lowest BCUT2D eigenvalue weighted by molar-refractivity contribution is 0.0600. The van der Waals surface area contributed by atoms with E-state index in [-0.39, 0.29) is 11.7 Å². The molecule has 1 aromatic heterocycles. The van der Waals surface area contributed by atoms with Crippen LogP contribution in [0.5, 0.6) is 0 Å². The number of aryl methyl sites for hydroxylation is 1. The number of methoxy groups -OCH3 is 1. The van der Waals surface area contributed by atoms with Crippen LogP contribution >= 0.6 is 0 Å². The van der Waals surface area contributed by atoms with Crippen LogP contribution in [0.4, 0.5) is 5.69 Å². The zero-order valence-electron chi connectivity index (χ0n) is 10.5. The molecule has 0 saturated heterocycles. The molecule has 0 unspecified atom stereocenters. The van der Waals surface area contributed by atoms with Crippen molar-refractivity contribution in [2.24, 2.45) is 0 Å². The van der Waals surface area contributed by atoms with Gasteiger partial charge in [-0.3, -0.25) is 4.79 Å². The van der Waals surface area contributed by atoms with Crippen molar-refractivity contribution < 1.29 is 18.7 Å². The van der Waals surface area contributed by atoms with Gasteiger partial charge in [-0.1, -0.05) is 0 Å². The third kappa shape index (κ3) is 2.79. The van der Waals surface area contributed by atoms with E-state index in [9.17, 15) is 9.59 Å². The lowest BCUT2D eigenvalue weighted by Gasteiger charge is -2.04. The Balaban J connectivity index is 2.10. The van der Waals surface area contributed by atoms with Crippen molar-refractivity contribution >= 4 is 17.6 Å². The number of hydrogen-bond acceptors (Lipinski definition) is 5. The van der Waals surface area contributed by atoms with Crippen LogP contribution < -0.4 is 5.32 Å². The first-order chi connectivity index (χ1) is 9.11. The maximum atomic E-state index is 11.8. The standard InChI is InChI=1S/C13H12N2O4/c1-8-11(19-7-14-8)12(16)15-10-5-3-9(4-6-10)13(17)18-2/h3-7H,1-2H3,(H,15,16). The summed E-state index contributed by atoms with van der Waals surface area (Å²) in [6, 6.07) is 6.34. The van der Waals surface area contributed by atoms with Gasteiger partial charge in [0.05, 0.1) is 18.4 Å². The van der Waals surface area contributed by atoms with Crippen LogP contribution in [0, 0.1) is 6.92 Å². The Morgan fingerprint density at radius 3 is 2.47 bits per heavy atom. The Labute approximate surface area is 109 Å². The van der Waals surface area contributed by atoms with Gasteiger partial charge in [-0.25, -0.2) is 9.78 Å². The largest absolute Gasteiger partial charge is 0.465 e. The number of carbonyl (C=O) groups excluding carboxylic acids is 2. The maximum absolute atomic E-state index is 11.8. The molecular weight excluding hydrogens is 248 g/mol. The first-order valence-electron chi connectivity index (χ1n) is 5.51. The van der Waals surface area contributed by atoms with E-state index in [0.717, 1.165) is 0 Å². The molecule has 0 aliphatic heterocycles. The Bertz CT molecular complexity index is 601. The molecule has 0 spiro atoms. The van der Waals surface area contributed by atoms with E-state index in [4.69, 9.17) is 4.42 Å².